The van der Waals surface area contributed by atoms with Gasteiger partial charge in [0.25, 0.3) is 0 Å². The zero-order valence-electron chi connectivity index (χ0n) is 8.92. The maximum Gasteiger partial charge on any atom is 0.227 e. The van der Waals surface area contributed by atoms with Crippen molar-refractivity contribution in [1.29, 1.82) is 0 Å². The normalized spacial score (nSPS) is 17.4. The van der Waals surface area contributed by atoms with Crippen LogP contribution in [0.2, 0.25) is 0 Å². The molecule has 0 bridgehead atoms. The standard InChI is InChI=1S/C12H12FNO2/c1-7-4-9(13)2-3-10(7)8-5-11(15)14-12(16)6-8/h2-4,8H,5-6H2,1H3,(H,14,15,16). The molecule has 0 atom stereocenters. The zero-order valence-corrected chi connectivity index (χ0v) is 8.92. The highest BCUT2D eigenvalue weighted by Crippen LogP contribution is 2.28. The van der Waals surface area contributed by atoms with Gasteiger partial charge in [0.05, 0.1) is 0 Å². The molecule has 1 fully saturated rings. The molecule has 1 aromatic carbocycles. The summed E-state index contributed by atoms with van der Waals surface area (Å²) in [5.41, 5.74) is 1.66. The summed E-state index contributed by atoms with van der Waals surface area (Å²) in [6, 6.07) is 4.44. The number of piperidine rings is 1. The molecule has 1 aromatic rings. The molecule has 3 nitrogen and oxygen atoms in total. The summed E-state index contributed by atoms with van der Waals surface area (Å²) in [4.78, 5) is 22.5. The third kappa shape index (κ3) is 2.10. The van der Waals surface area contributed by atoms with Crippen LogP contribution in [0.3, 0.4) is 0 Å². The topological polar surface area (TPSA) is 46.2 Å². The second kappa shape index (κ2) is 4.04. The molecule has 2 rings (SSSR count). The van der Waals surface area contributed by atoms with Gasteiger partial charge < -0.3 is 0 Å². The monoisotopic (exact) mass is 221 g/mol. The van der Waals surface area contributed by atoms with Gasteiger partial charge in [-0.25, -0.2) is 4.39 Å². The molecule has 0 aliphatic carbocycles. The average molecular weight is 221 g/mol. The van der Waals surface area contributed by atoms with Crippen molar-refractivity contribution in [3.63, 3.8) is 0 Å². The molecule has 0 aromatic heterocycles. The van der Waals surface area contributed by atoms with Crippen molar-refractivity contribution >= 4 is 11.8 Å². The lowest BCUT2D eigenvalue weighted by atomic mass is 9.87. The lowest BCUT2D eigenvalue weighted by molar-refractivity contribution is -0.133. The fourth-order valence-corrected chi connectivity index (χ4v) is 2.09. The van der Waals surface area contributed by atoms with Crippen LogP contribution in [-0.4, -0.2) is 11.8 Å². The third-order valence-corrected chi connectivity index (χ3v) is 2.81. The Morgan fingerprint density at radius 3 is 2.44 bits per heavy atom. The molecular weight excluding hydrogens is 209 g/mol. The van der Waals surface area contributed by atoms with Crippen LogP contribution < -0.4 is 5.32 Å². The second-order valence-electron chi connectivity index (χ2n) is 4.08. The Kier molecular flexibility index (Phi) is 2.73. The van der Waals surface area contributed by atoms with Crippen LogP contribution >= 0.6 is 0 Å². The second-order valence-corrected chi connectivity index (χ2v) is 4.08. The Balaban J connectivity index is 2.29. The van der Waals surface area contributed by atoms with Crippen molar-refractivity contribution in [2.75, 3.05) is 0 Å². The Morgan fingerprint density at radius 2 is 1.88 bits per heavy atom. The summed E-state index contributed by atoms with van der Waals surface area (Å²) < 4.78 is 12.9. The van der Waals surface area contributed by atoms with E-state index >= 15 is 0 Å². The van der Waals surface area contributed by atoms with Gasteiger partial charge in [-0.3, -0.25) is 14.9 Å². The molecule has 0 spiro atoms. The average Bonchev–Trinajstić information content (AvgIpc) is 2.15. The van der Waals surface area contributed by atoms with Gasteiger partial charge >= 0.3 is 0 Å². The van der Waals surface area contributed by atoms with Gasteiger partial charge in [-0.1, -0.05) is 6.07 Å². The van der Waals surface area contributed by atoms with Gasteiger partial charge in [0, 0.05) is 18.8 Å². The number of aryl methyl sites for hydroxylation is 1. The van der Waals surface area contributed by atoms with Crippen molar-refractivity contribution in [2.24, 2.45) is 0 Å². The van der Waals surface area contributed by atoms with E-state index in [2.05, 4.69) is 5.32 Å². The molecule has 0 unspecified atom stereocenters. The molecular formula is C12H12FNO2. The number of benzene rings is 1. The van der Waals surface area contributed by atoms with E-state index in [0.717, 1.165) is 11.1 Å². The van der Waals surface area contributed by atoms with Crippen LogP contribution in [0.5, 0.6) is 0 Å². The number of hydrogen-bond donors (Lipinski definition) is 1. The van der Waals surface area contributed by atoms with Gasteiger partial charge in [0.2, 0.25) is 11.8 Å². The SMILES string of the molecule is Cc1cc(F)ccc1C1CC(=O)NC(=O)C1. The first-order valence-electron chi connectivity index (χ1n) is 5.15. The summed E-state index contributed by atoms with van der Waals surface area (Å²) in [6.07, 6.45) is 0.580. The first kappa shape index (κ1) is 10.8. The predicted molar refractivity (Wildman–Crippen MR) is 56.3 cm³/mol. The van der Waals surface area contributed by atoms with Crippen LogP contribution in [0, 0.1) is 12.7 Å². The number of rotatable bonds is 1. The van der Waals surface area contributed by atoms with E-state index in [4.69, 9.17) is 0 Å². The summed E-state index contributed by atoms with van der Waals surface area (Å²) in [6.45, 7) is 1.79. The predicted octanol–water partition coefficient (Wildman–Crippen LogP) is 1.65. The lowest BCUT2D eigenvalue weighted by Gasteiger charge is -2.22. The van der Waals surface area contributed by atoms with Gasteiger partial charge in [0.15, 0.2) is 0 Å². The van der Waals surface area contributed by atoms with E-state index in [1.54, 1.807) is 13.0 Å². The third-order valence-electron chi connectivity index (χ3n) is 2.81. The summed E-state index contributed by atoms with van der Waals surface area (Å²) in [5.74, 6) is -0.940. The Labute approximate surface area is 92.7 Å². The van der Waals surface area contributed by atoms with E-state index in [1.807, 2.05) is 0 Å². The molecule has 4 heteroatoms. The molecule has 0 saturated carbocycles. The highest BCUT2D eigenvalue weighted by Gasteiger charge is 2.26. The minimum Gasteiger partial charge on any atom is -0.296 e. The molecule has 1 saturated heterocycles. The quantitative estimate of drug-likeness (QED) is 0.733. The number of carbonyl (C=O) groups is 2. The highest BCUT2D eigenvalue weighted by atomic mass is 19.1. The fourth-order valence-electron chi connectivity index (χ4n) is 2.09. The van der Waals surface area contributed by atoms with E-state index < -0.39 is 0 Å². The van der Waals surface area contributed by atoms with Crippen LogP contribution in [-0.2, 0) is 9.59 Å². The number of nitrogens with one attached hydrogen (secondary N) is 1. The smallest absolute Gasteiger partial charge is 0.227 e. The molecule has 16 heavy (non-hydrogen) atoms. The summed E-state index contributed by atoms with van der Waals surface area (Å²) >= 11 is 0. The minimum absolute atomic E-state index is 0.123. The van der Waals surface area contributed by atoms with E-state index in [1.165, 1.54) is 12.1 Å². The van der Waals surface area contributed by atoms with E-state index in [9.17, 15) is 14.0 Å². The summed E-state index contributed by atoms with van der Waals surface area (Å²) in [7, 11) is 0. The summed E-state index contributed by atoms with van der Waals surface area (Å²) in [5, 5.41) is 2.26. The van der Waals surface area contributed by atoms with Crippen molar-refractivity contribution in [1.82, 2.24) is 5.32 Å². The highest BCUT2D eigenvalue weighted by molar-refractivity contribution is 5.98. The molecule has 1 aliphatic heterocycles. The number of carbonyl (C=O) groups excluding carboxylic acids is 2. The zero-order chi connectivity index (χ0) is 11.7. The van der Waals surface area contributed by atoms with E-state index in [0.29, 0.717) is 0 Å². The fraction of sp³-hybridized carbons (Fsp3) is 0.333. The molecule has 84 valence electrons. The van der Waals surface area contributed by atoms with Crippen LogP contribution in [0.4, 0.5) is 4.39 Å². The van der Waals surface area contributed by atoms with Crippen molar-refractivity contribution in [3.05, 3.63) is 35.1 Å². The van der Waals surface area contributed by atoms with Gasteiger partial charge in [-0.05, 0) is 30.2 Å². The maximum atomic E-state index is 12.9. The van der Waals surface area contributed by atoms with Gasteiger partial charge in [-0.15, -0.1) is 0 Å². The van der Waals surface area contributed by atoms with Crippen molar-refractivity contribution in [2.45, 2.75) is 25.7 Å². The first-order valence-corrected chi connectivity index (χ1v) is 5.15. The maximum absolute atomic E-state index is 12.9. The molecule has 1 heterocycles. The number of halogens is 1. The van der Waals surface area contributed by atoms with Gasteiger partial charge in [0.1, 0.15) is 5.82 Å². The molecule has 2 amide bonds. The Morgan fingerprint density at radius 1 is 1.25 bits per heavy atom. The van der Waals surface area contributed by atoms with E-state index in [-0.39, 0.29) is 36.4 Å². The van der Waals surface area contributed by atoms with Crippen LogP contribution in [0.15, 0.2) is 18.2 Å². The molecule has 1 aliphatic rings. The van der Waals surface area contributed by atoms with Crippen molar-refractivity contribution < 1.29 is 14.0 Å². The largest absolute Gasteiger partial charge is 0.296 e. The molecule has 0 radical (unpaired) electrons. The first-order chi connectivity index (χ1) is 7.56. The van der Waals surface area contributed by atoms with Gasteiger partial charge in [-0.2, -0.15) is 0 Å². The number of imide groups is 1. The minimum atomic E-state index is -0.298. The Bertz CT molecular complexity index is 440. The lowest BCUT2D eigenvalue weighted by Crippen LogP contribution is -2.37. The van der Waals surface area contributed by atoms with Crippen LogP contribution in [0.25, 0.3) is 0 Å². The number of amides is 2. The Hall–Kier alpha value is -1.71. The van der Waals surface area contributed by atoms with Crippen LogP contribution in [0.1, 0.15) is 29.9 Å². The number of hydrogen-bond acceptors (Lipinski definition) is 2. The van der Waals surface area contributed by atoms with Crippen molar-refractivity contribution in [3.8, 4) is 0 Å². The molecule has 1 N–H and O–H groups in total.